The molecule has 0 bridgehead atoms. The Kier molecular flexibility index (Phi) is 8.20. The number of amides is 1. The van der Waals surface area contributed by atoms with E-state index in [1.54, 1.807) is 30.0 Å². The number of carbonyl (C=O) groups excluding carboxylic acids is 1. The number of carbonyl (C=O) groups is 1. The van der Waals surface area contributed by atoms with Crippen LogP contribution in [0.3, 0.4) is 0 Å². The number of alkyl halides is 1. The molecule has 0 unspecified atom stereocenters. The Bertz CT molecular complexity index is 846. The average Bonchev–Trinajstić information content (AvgIpc) is 2.64. The summed E-state index contributed by atoms with van der Waals surface area (Å²) in [6.45, 7) is 2.05. The summed E-state index contributed by atoms with van der Waals surface area (Å²) in [4.78, 5) is 27.3. The van der Waals surface area contributed by atoms with Crippen LogP contribution in [0.4, 0.5) is 4.39 Å². The van der Waals surface area contributed by atoms with E-state index < -0.39 is 17.1 Å². The first-order valence-electron chi connectivity index (χ1n) is 8.55. The number of thioether (sulfide) groups is 1. The molecule has 0 aliphatic carbocycles. The van der Waals surface area contributed by atoms with Crippen molar-refractivity contribution in [3.8, 4) is 0 Å². The largest absolute Gasteiger partial charge is 0.349 e. The molecule has 1 atom stereocenters. The van der Waals surface area contributed by atoms with Gasteiger partial charge in [0.1, 0.15) is 0 Å². The fourth-order valence-electron chi connectivity index (χ4n) is 2.65. The number of nitrogens with one attached hydrogen (secondary N) is 2. The number of benzene rings is 1. The summed E-state index contributed by atoms with van der Waals surface area (Å²) in [5.74, 6) is 0.766. The molecule has 0 aliphatic heterocycles. The molecule has 0 fully saturated rings. The van der Waals surface area contributed by atoms with E-state index in [0.29, 0.717) is 27.8 Å². The SMILES string of the molecule is CCSCCC[C@@](F)(C(=O)NCc1ccc(Cl)cc1Cl)c1ccc[nH]c1=O. The number of aromatic nitrogens is 1. The van der Waals surface area contributed by atoms with Crippen LogP contribution in [0.5, 0.6) is 0 Å². The summed E-state index contributed by atoms with van der Waals surface area (Å²) in [6, 6.07) is 7.71. The third-order valence-electron chi connectivity index (χ3n) is 4.07. The zero-order chi connectivity index (χ0) is 19.9. The molecule has 0 saturated carbocycles. The van der Waals surface area contributed by atoms with Crippen LogP contribution in [-0.2, 0) is 17.0 Å². The third kappa shape index (κ3) is 5.74. The van der Waals surface area contributed by atoms with Gasteiger partial charge in [-0.1, -0.05) is 36.2 Å². The van der Waals surface area contributed by atoms with Crippen LogP contribution in [0.25, 0.3) is 0 Å². The Morgan fingerprint density at radius 3 is 2.78 bits per heavy atom. The first kappa shape index (κ1) is 21.8. The Labute approximate surface area is 171 Å². The third-order valence-corrected chi connectivity index (χ3v) is 5.65. The molecule has 2 aromatic rings. The molecule has 1 amide bonds. The van der Waals surface area contributed by atoms with E-state index in [9.17, 15) is 9.59 Å². The second-order valence-corrected chi connectivity index (χ2v) is 8.17. The van der Waals surface area contributed by atoms with Crippen LogP contribution in [0.15, 0.2) is 41.3 Å². The molecule has 1 aromatic carbocycles. The van der Waals surface area contributed by atoms with Gasteiger partial charge in [-0.05, 0) is 54.2 Å². The molecule has 0 radical (unpaired) electrons. The highest BCUT2D eigenvalue weighted by molar-refractivity contribution is 7.99. The fraction of sp³-hybridized carbons (Fsp3) is 0.368. The number of pyridine rings is 1. The summed E-state index contributed by atoms with van der Waals surface area (Å²) >= 11 is 13.6. The maximum absolute atomic E-state index is 15.8. The van der Waals surface area contributed by atoms with E-state index in [-0.39, 0.29) is 18.5 Å². The molecule has 0 aliphatic rings. The predicted octanol–water partition coefficient (Wildman–Crippen LogP) is 4.70. The number of H-pyrrole nitrogens is 1. The zero-order valence-electron chi connectivity index (χ0n) is 14.9. The minimum absolute atomic E-state index is 0.0367. The van der Waals surface area contributed by atoms with Crippen LogP contribution in [0, 0.1) is 0 Å². The Balaban J connectivity index is 2.20. The summed E-state index contributed by atoms with van der Waals surface area (Å²) in [5.41, 5.74) is -2.60. The molecule has 0 spiro atoms. The number of aromatic amines is 1. The molecule has 2 rings (SSSR count). The molecule has 146 valence electrons. The van der Waals surface area contributed by atoms with Crippen molar-refractivity contribution < 1.29 is 9.18 Å². The lowest BCUT2D eigenvalue weighted by molar-refractivity contribution is -0.134. The van der Waals surface area contributed by atoms with Crippen LogP contribution < -0.4 is 10.9 Å². The van der Waals surface area contributed by atoms with Crippen LogP contribution >= 0.6 is 35.0 Å². The van der Waals surface area contributed by atoms with E-state index in [2.05, 4.69) is 10.3 Å². The van der Waals surface area contributed by atoms with Gasteiger partial charge in [0.2, 0.25) is 5.67 Å². The Morgan fingerprint density at radius 1 is 1.33 bits per heavy atom. The number of rotatable bonds is 9. The fourth-order valence-corrected chi connectivity index (χ4v) is 3.76. The lowest BCUT2D eigenvalue weighted by Gasteiger charge is -2.24. The smallest absolute Gasteiger partial charge is 0.262 e. The van der Waals surface area contributed by atoms with Crippen LogP contribution in [-0.4, -0.2) is 22.4 Å². The molecule has 4 nitrogen and oxygen atoms in total. The van der Waals surface area contributed by atoms with Gasteiger partial charge in [0, 0.05) is 22.8 Å². The van der Waals surface area contributed by atoms with Crippen LogP contribution in [0.2, 0.25) is 10.0 Å². The highest BCUT2D eigenvalue weighted by atomic mass is 35.5. The first-order valence-corrected chi connectivity index (χ1v) is 10.5. The Morgan fingerprint density at radius 2 is 2.11 bits per heavy atom. The first-order chi connectivity index (χ1) is 12.9. The molecule has 2 N–H and O–H groups in total. The average molecular weight is 431 g/mol. The van der Waals surface area contributed by atoms with Crippen molar-refractivity contribution in [1.82, 2.24) is 10.3 Å². The standard InChI is InChI=1S/C19H21Cl2FN2O2S/c1-2-27-10-4-8-19(22,15-5-3-9-23-17(15)25)18(26)24-12-13-6-7-14(20)11-16(13)21/h3,5-7,9,11H,2,4,8,10,12H2,1H3,(H,23,25)(H,24,26)/t19-/m0/s1. The van der Waals surface area contributed by atoms with Crippen molar-refractivity contribution in [2.45, 2.75) is 32.0 Å². The van der Waals surface area contributed by atoms with E-state index in [1.807, 2.05) is 6.92 Å². The van der Waals surface area contributed by atoms with Crippen molar-refractivity contribution in [3.05, 3.63) is 68.1 Å². The maximum atomic E-state index is 15.8. The molecule has 0 saturated heterocycles. The summed E-state index contributed by atoms with van der Waals surface area (Å²) in [5, 5.41) is 3.42. The number of halogens is 3. The summed E-state index contributed by atoms with van der Waals surface area (Å²) in [6.07, 6.45) is 1.80. The van der Waals surface area contributed by atoms with Crippen molar-refractivity contribution >= 4 is 40.9 Å². The molecule has 27 heavy (non-hydrogen) atoms. The predicted molar refractivity (Wildman–Crippen MR) is 110 cm³/mol. The molecule has 8 heteroatoms. The zero-order valence-corrected chi connectivity index (χ0v) is 17.2. The van der Waals surface area contributed by atoms with Gasteiger partial charge < -0.3 is 10.3 Å². The second-order valence-electron chi connectivity index (χ2n) is 5.93. The highest BCUT2D eigenvalue weighted by Crippen LogP contribution is 2.30. The van der Waals surface area contributed by atoms with Crippen molar-refractivity contribution in [2.75, 3.05) is 11.5 Å². The molecule has 1 heterocycles. The van der Waals surface area contributed by atoms with Gasteiger partial charge in [0.25, 0.3) is 11.5 Å². The maximum Gasteiger partial charge on any atom is 0.262 e. The van der Waals surface area contributed by atoms with Crippen LogP contribution in [0.1, 0.15) is 30.9 Å². The minimum atomic E-state index is -2.41. The van der Waals surface area contributed by atoms with E-state index in [1.165, 1.54) is 18.3 Å². The van der Waals surface area contributed by atoms with Gasteiger partial charge >= 0.3 is 0 Å². The summed E-state index contributed by atoms with van der Waals surface area (Å²) < 4.78 is 15.8. The van der Waals surface area contributed by atoms with E-state index in [0.717, 1.165) is 5.75 Å². The van der Waals surface area contributed by atoms with Gasteiger partial charge in [-0.25, -0.2) is 4.39 Å². The van der Waals surface area contributed by atoms with Crippen molar-refractivity contribution in [3.63, 3.8) is 0 Å². The quantitative estimate of drug-likeness (QED) is 0.566. The topological polar surface area (TPSA) is 62.0 Å². The van der Waals surface area contributed by atoms with Crippen molar-refractivity contribution in [1.29, 1.82) is 0 Å². The normalized spacial score (nSPS) is 13.2. The monoisotopic (exact) mass is 430 g/mol. The van der Waals surface area contributed by atoms with Crippen molar-refractivity contribution in [2.24, 2.45) is 0 Å². The highest BCUT2D eigenvalue weighted by Gasteiger charge is 2.42. The van der Waals surface area contributed by atoms with Gasteiger partial charge in [-0.15, -0.1) is 0 Å². The lowest BCUT2D eigenvalue weighted by Crippen LogP contribution is -2.44. The second kappa shape index (κ2) is 10.2. The van der Waals surface area contributed by atoms with Gasteiger partial charge in [-0.3, -0.25) is 9.59 Å². The molecular weight excluding hydrogens is 410 g/mol. The van der Waals surface area contributed by atoms with Gasteiger partial charge in [-0.2, -0.15) is 11.8 Å². The van der Waals surface area contributed by atoms with Gasteiger partial charge in [0.05, 0.1) is 5.56 Å². The van der Waals surface area contributed by atoms with Gasteiger partial charge in [0.15, 0.2) is 0 Å². The van der Waals surface area contributed by atoms with E-state index in [4.69, 9.17) is 23.2 Å². The van der Waals surface area contributed by atoms with E-state index >= 15 is 4.39 Å². The number of hydrogen-bond donors (Lipinski definition) is 2. The number of hydrogen-bond acceptors (Lipinski definition) is 3. The minimum Gasteiger partial charge on any atom is -0.349 e. The molecular formula is C19H21Cl2FN2O2S. The molecule has 1 aromatic heterocycles. The lowest BCUT2D eigenvalue weighted by atomic mass is 9.91. The summed E-state index contributed by atoms with van der Waals surface area (Å²) in [7, 11) is 0. The Hall–Kier alpha value is -1.50.